The maximum Gasteiger partial charge on any atom is 0.254 e. The number of hydrogen-bond donors (Lipinski definition) is 1. The molecule has 4 rings (SSSR count). The van der Waals surface area contributed by atoms with Crippen LogP contribution in [0.15, 0.2) is 66.0 Å². The summed E-state index contributed by atoms with van der Waals surface area (Å²) in [5.41, 5.74) is 3.84. The number of hydrogen-bond acceptors (Lipinski definition) is 3. The summed E-state index contributed by atoms with van der Waals surface area (Å²) in [6, 6.07) is 19.5. The first-order chi connectivity index (χ1) is 14.1. The van der Waals surface area contributed by atoms with E-state index < -0.39 is 5.92 Å². The van der Waals surface area contributed by atoms with Crippen molar-refractivity contribution in [3.8, 4) is 0 Å². The molecule has 0 spiro atoms. The molecule has 0 saturated carbocycles. The second-order valence-electron chi connectivity index (χ2n) is 7.47. The van der Waals surface area contributed by atoms with E-state index in [-0.39, 0.29) is 17.9 Å². The quantitative estimate of drug-likeness (QED) is 0.688. The molecule has 0 fully saturated rings. The van der Waals surface area contributed by atoms with Crippen LogP contribution in [0.25, 0.3) is 0 Å². The monoisotopic (exact) mass is 404 g/mol. The summed E-state index contributed by atoms with van der Waals surface area (Å²) in [4.78, 5) is 29.0. The highest BCUT2D eigenvalue weighted by molar-refractivity contribution is 7.10. The van der Waals surface area contributed by atoms with E-state index in [1.54, 1.807) is 23.3 Å². The molecule has 3 aromatic rings. The largest absolute Gasteiger partial charge is 0.355 e. The van der Waals surface area contributed by atoms with Crippen LogP contribution in [0, 0.1) is 6.92 Å². The summed E-state index contributed by atoms with van der Waals surface area (Å²) < 4.78 is 0. The molecule has 1 N–H and O–H groups in total. The Morgan fingerprint density at radius 2 is 1.83 bits per heavy atom. The van der Waals surface area contributed by atoms with Gasteiger partial charge in [0, 0.05) is 24.0 Å². The fourth-order valence-corrected chi connectivity index (χ4v) is 4.87. The van der Waals surface area contributed by atoms with Crippen molar-refractivity contribution in [2.75, 3.05) is 13.6 Å². The molecule has 2 amide bonds. The lowest BCUT2D eigenvalue weighted by Crippen LogP contribution is -2.45. The Morgan fingerprint density at radius 1 is 1.07 bits per heavy atom. The Hall–Kier alpha value is -2.92. The van der Waals surface area contributed by atoms with Gasteiger partial charge in [-0.1, -0.05) is 54.1 Å². The second kappa shape index (κ2) is 8.21. The lowest BCUT2D eigenvalue weighted by atomic mass is 9.81. The van der Waals surface area contributed by atoms with E-state index >= 15 is 0 Å². The summed E-state index contributed by atoms with van der Waals surface area (Å²) >= 11 is 1.58. The highest BCUT2D eigenvalue weighted by Gasteiger charge is 2.42. The van der Waals surface area contributed by atoms with E-state index in [1.165, 1.54) is 11.1 Å². The Morgan fingerprint density at radius 3 is 2.55 bits per heavy atom. The SMILES string of the molecule is Cc1ccc(CCNC(=O)C2c3ccccc3C(=O)N(C)C2c2cccs2)cc1. The van der Waals surface area contributed by atoms with Crippen LogP contribution < -0.4 is 5.32 Å². The summed E-state index contributed by atoms with van der Waals surface area (Å²) in [5.74, 6) is -0.504. The minimum Gasteiger partial charge on any atom is -0.355 e. The number of amides is 2. The van der Waals surface area contributed by atoms with Crippen LogP contribution in [0.2, 0.25) is 0 Å². The Labute approximate surface area is 175 Å². The molecule has 0 radical (unpaired) electrons. The van der Waals surface area contributed by atoms with E-state index in [4.69, 9.17) is 0 Å². The Bertz CT molecular complexity index is 1010. The molecule has 2 aromatic carbocycles. The maximum atomic E-state index is 13.3. The third-order valence-corrected chi connectivity index (χ3v) is 6.47. The smallest absolute Gasteiger partial charge is 0.254 e. The molecule has 0 saturated heterocycles. The topological polar surface area (TPSA) is 49.4 Å². The molecular formula is C24H24N2O2S. The van der Waals surface area contributed by atoms with Gasteiger partial charge in [-0.2, -0.15) is 0 Å². The van der Waals surface area contributed by atoms with Gasteiger partial charge in [0.1, 0.15) is 0 Å². The van der Waals surface area contributed by atoms with Crippen molar-refractivity contribution in [1.29, 1.82) is 0 Å². The number of nitrogens with zero attached hydrogens (tertiary/aromatic N) is 1. The average molecular weight is 405 g/mol. The number of fused-ring (bicyclic) bond motifs is 1. The molecule has 148 valence electrons. The van der Waals surface area contributed by atoms with Gasteiger partial charge in [-0.3, -0.25) is 9.59 Å². The molecule has 2 atom stereocenters. The van der Waals surface area contributed by atoms with E-state index in [1.807, 2.05) is 41.8 Å². The summed E-state index contributed by atoms with van der Waals surface area (Å²) in [6.45, 7) is 2.63. The highest BCUT2D eigenvalue weighted by Crippen LogP contribution is 2.43. The number of thiophene rings is 1. The molecule has 0 aliphatic carbocycles. The Kier molecular flexibility index (Phi) is 5.49. The molecule has 2 unspecified atom stereocenters. The van der Waals surface area contributed by atoms with Gasteiger partial charge in [0.25, 0.3) is 5.91 Å². The van der Waals surface area contributed by atoms with Crippen LogP contribution in [-0.4, -0.2) is 30.3 Å². The maximum absolute atomic E-state index is 13.3. The number of carbonyl (C=O) groups is 2. The third-order valence-electron chi connectivity index (χ3n) is 5.53. The number of likely N-dealkylation sites (N-methyl/N-ethyl adjacent to an activating group) is 1. The van der Waals surface area contributed by atoms with Crippen LogP contribution in [0.5, 0.6) is 0 Å². The standard InChI is InChI=1S/C24H24N2O2S/c1-16-9-11-17(12-10-16)13-14-25-23(27)21-18-6-3-4-7-19(18)24(28)26(2)22(21)20-8-5-15-29-20/h3-12,15,21-22H,13-14H2,1-2H3,(H,25,27). The van der Waals surface area contributed by atoms with Crippen molar-refractivity contribution in [1.82, 2.24) is 10.2 Å². The van der Waals surface area contributed by atoms with Crippen LogP contribution in [0.3, 0.4) is 0 Å². The molecule has 1 aromatic heterocycles. The zero-order valence-corrected chi connectivity index (χ0v) is 17.4. The zero-order valence-electron chi connectivity index (χ0n) is 16.6. The number of aryl methyl sites for hydroxylation is 1. The molecule has 1 aliphatic heterocycles. The second-order valence-corrected chi connectivity index (χ2v) is 8.45. The number of nitrogens with one attached hydrogen (secondary N) is 1. The van der Waals surface area contributed by atoms with Crippen molar-refractivity contribution < 1.29 is 9.59 Å². The fraction of sp³-hybridized carbons (Fsp3) is 0.250. The predicted molar refractivity (Wildman–Crippen MR) is 116 cm³/mol. The van der Waals surface area contributed by atoms with Gasteiger partial charge < -0.3 is 10.2 Å². The zero-order chi connectivity index (χ0) is 20.4. The van der Waals surface area contributed by atoms with Crippen LogP contribution >= 0.6 is 11.3 Å². The normalized spacial score (nSPS) is 18.4. The van der Waals surface area contributed by atoms with Gasteiger partial charge in [-0.25, -0.2) is 0 Å². The van der Waals surface area contributed by atoms with E-state index in [2.05, 4.69) is 36.5 Å². The van der Waals surface area contributed by atoms with Gasteiger partial charge in [-0.15, -0.1) is 11.3 Å². The molecular weight excluding hydrogens is 380 g/mol. The van der Waals surface area contributed by atoms with Crippen molar-refractivity contribution in [2.24, 2.45) is 0 Å². The molecule has 4 nitrogen and oxygen atoms in total. The summed E-state index contributed by atoms with van der Waals surface area (Å²) in [5, 5.41) is 5.10. The molecule has 1 aliphatic rings. The van der Waals surface area contributed by atoms with Crippen LogP contribution in [0.1, 0.15) is 43.9 Å². The Balaban J connectivity index is 1.59. The average Bonchev–Trinajstić information content (AvgIpc) is 3.26. The van der Waals surface area contributed by atoms with Gasteiger partial charge in [0.15, 0.2) is 0 Å². The van der Waals surface area contributed by atoms with Crippen LogP contribution in [0.4, 0.5) is 0 Å². The van der Waals surface area contributed by atoms with Crippen molar-refractivity contribution in [3.63, 3.8) is 0 Å². The van der Waals surface area contributed by atoms with Crippen molar-refractivity contribution in [2.45, 2.75) is 25.3 Å². The highest BCUT2D eigenvalue weighted by atomic mass is 32.1. The molecule has 5 heteroatoms. The van der Waals surface area contributed by atoms with E-state index in [9.17, 15) is 9.59 Å². The molecule has 0 bridgehead atoms. The van der Waals surface area contributed by atoms with Gasteiger partial charge in [-0.05, 0) is 42.0 Å². The number of benzene rings is 2. The van der Waals surface area contributed by atoms with Crippen molar-refractivity contribution in [3.05, 3.63) is 93.2 Å². The lowest BCUT2D eigenvalue weighted by Gasteiger charge is -2.39. The first-order valence-electron chi connectivity index (χ1n) is 9.79. The molecule has 2 heterocycles. The molecule has 29 heavy (non-hydrogen) atoms. The number of rotatable bonds is 5. The lowest BCUT2D eigenvalue weighted by molar-refractivity contribution is -0.124. The van der Waals surface area contributed by atoms with Gasteiger partial charge in [0.2, 0.25) is 5.91 Å². The first kappa shape index (κ1) is 19.4. The van der Waals surface area contributed by atoms with Gasteiger partial charge in [0.05, 0.1) is 12.0 Å². The first-order valence-corrected chi connectivity index (χ1v) is 10.7. The fourth-order valence-electron chi connectivity index (χ4n) is 3.97. The van der Waals surface area contributed by atoms with E-state index in [0.29, 0.717) is 12.1 Å². The van der Waals surface area contributed by atoms with Crippen molar-refractivity contribution >= 4 is 23.2 Å². The summed E-state index contributed by atoms with van der Waals surface area (Å²) in [7, 11) is 1.79. The van der Waals surface area contributed by atoms with Crippen LogP contribution in [-0.2, 0) is 11.2 Å². The summed E-state index contributed by atoms with van der Waals surface area (Å²) in [6.07, 6.45) is 0.777. The van der Waals surface area contributed by atoms with Gasteiger partial charge >= 0.3 is 0 Å². The number of carbonyl (C=O) groups excluding carboxylic acids is 2. The van der Waals surface area contributed by atoms with E-state index in [0.717, 1.165) is 16.9 Å². The predicted octanol–water partition coefficient (Wildman–Crippen LogP) is 4.33. The third kappa shape index (κ3) is 3.83. The minimum absolute atomic E-state index is 0.0392. The minimum atomic E-state index is -0.425.